The Morgan fingerprint density at radius 3 is 2.88 bits per heavy atom. The maximum atomic E-state index is 11.7. The summed E-state index contributed by atoms with van der Waals surface area (Å²) < 4.78 is 28.1. The maximum Gasteiger partial charge on any atom is 0.261 e. The molecule has 0 aromatic heterocycles. The highest BCUT2D eigenvalue weighted by molar-refractivity contribution is 5.94. The topological polar surface area (TPSA) is 58.6 Å². The fourth-order valence-electron chi connectivity index (χ4n) is 1.41. The molecule has 1 heterocycles. The van der Waals surface area contributed by atoms with E-state index in [2.05, 4.69) is 10.1 Å². The molecule has 16 heavy (non-hydrogen) atoms. The van der Waals surface area contributed by atoms with Gasteiger partial charge >= 0.3 is 0 Å². The van der Waals surface area contributed by atoms with E-state index in [1.165, 1.54) is 4.90 Å². The van der Waals surface area contributed by atoms with Crippen LogP contribution in [0.4, 0.5) is 8.78 Å². The molecule has 1 atom stereocenters. The highest BCUT2D eigenvalue weighted by Crippen LogP contribution is 2.02. The van der Waals surface area contributed by atoms with E-state index >= 15 is 0 Å². The second kappa shape index (κ2) is 5.74. The lowest BCUT2D eigenvalue weighted by atomic mass is 10.2. The average Bonchev–Trinajstić information content (AvgIpc) is 2.19. The highest BCUT2D eigenvalue weighted by Gasteiger charge is 2.28. The standard InChI is InChI=1S/C9H14F2N2O3/c1-6-9(15)13(4-8(14)12-6)2-3-16-5-7(10)11/h6-7H,2-5H2,1H3,(H,12,14). The summed E-state index contributed by atoms with van der Waals surface area (Å²) in [6.45, 7) is 1.05. The summed E-state index contributed by atoms with van der Waals surface area (Å²) in [5, 5.41) is 2.48. The zero-order valence-corrected chi connectivity index (χ0v) is 8.91. The van der Waals surface area contributed by atoms with E-state index in [9.17, 15) is 18.4 Å². The number of halogens is 2. The van der Waals surface area contributed by atoms with Crippen LogP contribution in [0.25, 0.3) is 0 Å². The van der Waals surface area contributed by atoms with Crippen molar-refractivity contribution >= 4 is 11.8 Å². The Hall–Kier alpha value is -1.24. The normalized spacial score (nSPS) is 21.5. The van der Waals surface area contributed by atoms with E-state index in [0.717, 1.165) is 0 Å². The van der Waals surface area contributed by atoms with E-state index in [-0.39, 0.29) is 31.5 Å². The summed E-state index contributed by atoms with van der Waals surface area (Å²) >= 11 is 0. The van der Waals surface area contributed by atoms with Crippen molar-refractivity contribution in [2.24, 2.45) is 0 Å². The lowest BCUT2D eigenvalue weighted by molar-refractivity contribution is -0.144. The molecule has 0 saturated carbocycles. The molecule has 0 aromatic carbocycles. The summed E-state index contributed by atoms with van der Waals surface area (Å²) in [5.41, 5.74) is 0. The van der Waals surface area contributed by atoms with Crippen LogP contribution in [-0.2, 0) is 14.3 Å². The van der Waals surface area contributed by atoms with Gasteiger partial charge in [0.1, 0.15) is 12.6 Å². The Morgan fingerprint density at radius 2 is 2.25 bits per heavy atom. The SMILES string of the molecule is CC1NC(=O)CN(CCOCC(F)F)C1=O. The zero-order valence-electron chi connectivity index (χ0n) is 8.91. The minimum Gasteiger partial charge on any atom is -0.374 e. The van der Waals surface area contributed by atoms with Crippen molar-refractivity contribution in [3.05, 3.63) is 0 Å². The van der Waals surface area contributed by atoms with Gasteiger partial charge in [-0.2, -0.15) is 0 Å². The third-order valence-corrected chi connectivity index (χ3v) is 2.14. The van der Waals surface area contributed by atoms with Gasteiger partial charge in [0.25, 0.3) is 6.43 Å². The minimum atomic E-state index is -2.51. The fraction of sp³-hybridized carbons (Fsp3) is 0.778. The van der Waals surface area contributed by atoms with Crippen molar-refractivity contribution in [1.29, 1.82) is 0 Å². The first-order chi connectivity index (χ1) is 7.50. The number of hydrogen-bond donors (Lipinski definition) is 1. The Morgan fingerprint density at radius 1 is 1.56 bits per heavy atom. The average molecular weight is 236 g/mol. The van der Waals surface area contributed by atoms with Crippen molar-refractivity contribution in [2.45, 2.75) is 19.4 Å². The second-order valence-electron chi connectivity index (χ2n) is 3.51. The first-order valence-corrected chi connectivity index (χ1v) is 4.94. The van der Waals surface area contributed by atoms with Crippen molar-refractivity contribution in [2.75, 3.05) is 26.3 Å². The lowest BCUT2D eigenvalue weighted by Gasteiger charge is -2.30. The van der Waals surface area contributed by atoms with Gasteiger partial charge in [-0.1, -0.05) is 0 Å². The molecule has 1 N–H and O–H groups in total. The third kappa shape index (κ3) is 3.73. The van der Waals surface area contributed by atoms with Crippen molar-refractivity contribution in [3.63, 3.8) is 0 Å². The maximum absolute atomic E-state index is 11.7. The molecule has 0 aromatic rings. The van der Waals surface area contributed by atoms with Crippen LogP contribution in [0.5, 0.6) is 0 Å². The summed E-state index contributed by atoms with van der Waals surface area (Å²) in [6.07, 6.45) is -2.51. The number of nitrogens with zero attached hydrogens (tertiary/aromatic N) is 1. The molecule has 1 saturated heterocycles. The van der Waals surface area contributed by atoms with Gasteiger partial charge in [-0.05, 0) is 6.92 Å². The van der Waals surface area contributed by atoms with E-state index in [1.54, 1.807) is 6.92 Å². The molecule has 1 aliphatic rings. The second-order valence-corrected chi connectivity index (χ2v) is 3.51. The molecule has 1 rings (SSSR count). The molecule has 92 valence electrons. The van der Waals surface area contributed by atoms with Crippen molar-refractivity contribution < 1.29 is 23.1 Å². The Bertz CT molecular complexity index is 273. The number of carbonyl (C=O) groups excluding carboxylic acids is 2. The Balaban J connectivity index is 2.29. The lowest BCUT2D eigenvalue weighted by Crippen LogP contribution is -2.57. The van der Waals surface area contributed by atoms with Crippen LogP contribution in [0.2, 0.25) is 0 Å². The third-order valence-electron chi connectivity index (χ3n) is 2.14. The molecule has 2 amide bonds. The summed E-state index contributed by atoms with van der Waals surface area (Å²) in [6, 6.07) is -0.559. The van der Waals surface area contributed by atoms with Crippen LogP contribution in [-0.4, -0.2) is 55.5 Å². The molecule has 5 nitrogen and oxygen atoms in total. The summed E-state index contributed by atoms with van der Waals surface area (Å²) in [5.74, 6) is -0.471. The van der Waals surface area contributed by atoms with Gasteiger partial charge in [-0.3, -0.25) is 9.59 Å². The van der Waals surface area contributed by atoms with Gasteiger partial charge in [0.2, 0.25) is 11.8 Å². The van der Waals surface area contributed by atoms with Crippen molar-refractivity contribution in [3.8, 4) is 0 Å². The van der Waals surface area contributed by atoms with E-state index in [4.69, 9.17) is 0 Å². The van der Waals surface area contributed by atoms with Crippen LogP contribution in [0.1, 0.15) is 6.92 Å². The van der Waals surface area contributed by atoms with Crippen LogP contribution in [0.3, 0.4) is 0 Å². The Labute approximate surface area is 91.7 Å². The first-order valence-electron chi connectivity index (χ1n) is 4.94. The van der Waals surface area contributed by atoms with Crippen LogP contribution in [0, 0.1) is 0 Å². The van der Waals surface area contributed by atoms with Gasteiger partial charge < -0.3 is 15.0 Å². The first kappa shape index (κ1) is 12.8. The number of hydrogen-bond acceptors (Lipinski definition) is 3. The van der Waals surface area contributed by atoms with Crippen molar-refractivity contribution in [1.82, 2.24) is 10.2 Å². The molecule has 0 radical (unpaired) electrons. The van der Waals surface area contributed by atoms with E-state index in [1.807, 2.05) is 0 Å². The number of rotatable bonds is 5. The number of amides is 2. The molecule has 7 heteroatoms. The predicted octanol–water partition coefficient (Wildman–Crippen LogP) is -0.385. The molecule has 1 fully saturated rings. The predicted molar refractivity (Wildman–Crippen MR) is 51.0 cm³/mol. The van der Waals surface area contributed by atoms with Gasteiger partial charge in [-0.25, -0.2) is 8.78 Å². The number of nitrogens with one attached hydrogen (secondary N) is 1. The zero-order chi connectivity index (χ0) is 12.1. The quantitative estimate of drug-likeness (QED) is 0.662. The summed E-state index contributed by atoms with van der Waals surface area (Å²) in [7, 11) is 0. The van der Waals surface area contributed by atoms with Gasteiger partial charge in [-0.15, -0.1) is 0 Å². The summed E-state index contributed by atoms with van der Waals surface area (Å²) in [4.78, 5) is 23.9. The Kier molecular flexibility index (Phi) is 4.60. The molecule has 1 aliphatic heterocycles. The largest absolute Gasteiger partial charge is 0.374 e. The van der Waals surface area contributed by atoms with E-state index in [0.29, 0.717) is 0 Å². The van der Waals surface area contributed by atoms with Crippen LogP contribution in [0.15, 0.2) is 0 Å². The smallest absolute Gasteiger partial charge is 0.261 e. The van der Waals surface area contributed by atoms with Gasteiger partial charge in [0.15, 0.2) is 0 Å². The molecule has 0 aliphatic carbocycles. The molecule has 1 unspecified atom stereocenters. The van der Waals surface area contributed by atoms with Gasteiger partial charge in [0.05, 0.1) is 13.2 Å². The fourth-order valence-corrected chi connectivity index (χ4v) is 1.41. The van der Waals surface area contributed by atoms with Gasteiger partial charge in [0, 0.05) is 6.54 Å². The van der Waals surface area contributed by atoms with Crippen LogP contribution < -0.4 is 5.32 Å². The molecule has 0 spiro atoms. The molecular formula is C9H14F2N2O3. The number of piperazine rings is 1. The van der Waals surface area contributed by atoms with E-state index < -0.39 is 19.1 Å². The molecule has 0 bridgehead atoms. The number of alkyl halides is 2. The molecular weight excluding hydrogens is 222 g/mol. The van der Waals surface area contributed by atoms with Crippen LogP contribution >= 0.6 is 0 Å². The number of ether oxygens (including phenoxy) is 1. The highest BCUT2D eigenvalue weighted by atomic mass is 19.3. The minimum absolute atomic E-state index is 0.01000. The number of carbonyl (C=O) groups is 2. The monoisotopic (exact) mass is 236 g/mol.